The number of fused-ring (bicyclic) bond motifs is 1. The first-order chi connectivity index (χ1) is 14.7. The summed E-state index contributed by atoms with van der Waals surface area (Å²) in [5.74, 6) is -0.333. The van der Waals surface area contributed by atoms with Gasteiger partial charge >= 0.3 is 0 Å². The Hall–Kier alpha value is -3.32. The number of halogens is 2. The standard InChI is InChI=1S/C23H20F2N4O/c24-18-7-3-8-19(25)22(18)29-14-17(16-6-1-2-9-20(16)29)23-27-12-10-21(28-23)30-15-5-4-11-26-13-15/h1-3,6-10,12,14-15,26H,4-5,11,13H2/t15-/m1/s1. The van der Waals surface area contributed by atoms with E-state index < -0.39 is 11.6 Å². The van der Waals surface area contributed by atoms with E-state index >= 15 is 0 Å². The van der Waals surface area contributed by atoms with Crippen LogP contribution in [-0.2, 0) is 0 Å². The fourth-order valence-electron chi connectivity index (χ4n) is 3.89. The first-order valence-corrected chi connectivity index (χ1v) is 9.96. The molecule has 4 aromatic rings. The minimum Gasteiger partial charge on any atom is -0.473 e. The Morgan fingerprint density at radius 3 is 2.67 bits per heavy atom. The first kappa shape index (κ1) is 18.7. The van der Waals surface area contributed by atoms with E-state index in [2.05, 4.69) is 15.3 Å². The number of piperidine rings is 1. The Morgan fingerprint density at radius 2 is 1.87 bits per heavy atom. The van der Waals surface area contributed by atoms with Crippen LogP contribution in [0.1, 0.15) is 12.8 Å². The highest BCUT2D eigenvalue weighted by atomic mass is 19.1. The van der Waals surface area contributed by atoms with Crippen LogP contribution in [0, 0.1) is 11.6 Å². The maximum absolute atomic E-state index is 14.5. The lowest BCUT2D eigenvalue weighted by molar-refractivity contribution is 0.160. The van der Waals surface area contributed by atoms with Crippen molar-refractivity contribution in [1.82, 2.24) is 19.9 Å². The van der Waals surface area contributed by atoms with Crippen LogP contribution in [0.25, 0.3) is 28.0 Å². The van der Waals surface area contributed by atoms with Gasteiger partial charge in [-0.2, -0.15) is 4.98 Å². The summed E-state index contributed by atoms with van der Waals surface area (Å²) >= 11 is 0. The zero-order chi connectivity index (χ0) is 20.5. The van der Waals surface area contributed by atoms with Crippen LogP contribution in [-0.4, -0.2) is 33.7 Å². The number of hydrogen-bond donors (Lipinski definition) is 1. The predicted octanol–water partition coefficient (Wildman–Crippen LogP) is 4.50. The van der Waals surface area contributed by atoms with Gasteiger partial charge in [-0.25, -0.2) is 13.8 Å². The zero-order valence-electron chi connectivity index (χ0n) is 16.2. The van der Waals surface area contributed by atoms with Gasteiger partial charge in [0.2, 0.25) is 5.88 Å². The maximum atomic E-state index is 14.5. The van der Waals surface area contributed by atoms with Gasteiger partial charge in [-0.05, 0) is 37.6 Å². The molecular formula is C23H20F2N4O. The molecule has 1 fully saturated rings. The topological polar surface area (TPSA) is 52.0 Å². The van der Waals surface area contributed by atoms with E-state index in [0.29, 0.717) is 22.8 Å². The molecule has 3 heterocycles. The number of nitrogens with one attached hydrogen (secondary N) is 1. The monoisotopic (exact) mass is 406 g/mol. The first-order valence-electron chi connectivity index (χ1n) is 9.96. The van der Waals surface area contributed by atoms with Gasteiger partial charge in [0, 0.05) is 36.0 Å². The Labute approximate surface area is 172 Å². The summed E-state index contributed by atoms with van der Waals surface area (Å²) in [6.07, 6.45) is 5.41. The smallest absolute Gasteiger partial charge is 0.217 e. The molecule has 1 aliphatic heterocycles. The lowest BCUT2D eigenvalue weighted by Gasteiger charge is -2.23. The Balaban J connectivity index is 1.60. The van der Waals surface area contributed by atoms with E-state index in [9.17, 15) is 8.78 Å². The average Bonchev–Trinajstić information content (AvgIpc) is 3.14. The number of hydrogen-bond acceptors (Lipinski definition) is 4. The fraction of sp³-hybridized carbons (Fsp3) is 0.217. The summed E-state index contributed by atoms with van der Waals surface area (Å²) in [5.41, 5.74) is 1.23. The van der Waals surface area contributed by atoms with Crippen molar-refractivity contribution in [2.24, 2.45) is 0 Å². The number of ether oxygens (including phenoxy) is 1. The third-order valence-corrected chi connectivity index (χ3v) is 5.30. The maximum Gasteiger partial charge on any atom is 0.217 e. The molecule has 152 valence electrons. The van der Waals surface area contributed by atoms with Gasteiger partial charge in [0.25, 0.3) is 0 Å². The van der Waals surface area contributed by atoms with Crippen molar-refractivity contribution in [1.29, 1.82) is 0 Å². The van der Waals surface area contributed by atoms with Crippen molar-refractivity contribution in [3.05, 3.63) is 72.6 Å². The lowest BCUT2D eigenvalue weighted by atomic mass is 10.1. The highest BCUT2D eigenvalue weighted by molar-refractivity contribution is 5.95. The molecule has 0 unspecified atom stereocenters. The molecule has 7 heteroatoms. The van der Waals surface area contributed by atoms with E-state index in [1.807, 2.05) is 24.3 Å². The molecule has 0 radical (unpaired) electrons. The van der Waals surface area contributed by atoms with Crippen molar-refractivity contribution in [3.63, 3.8) is 0 Å². The molecule has 1 aliphatic rings. The highest BCUT2D eigenvalue weighted by Gasteiger charge is 2.19. The molecular weight excluding hydrogens is 386 g/mol. The average molecular weight is 406 g/mol. The summed E-state index contributed by atoms with van der Waals surface area (Å²) in [7, 11) is 0. The Bertz CT molecular complexity index is 1180. The third kappa shape index (κ3) is 3.41. The van der Waals surface area contributed by atoms with E-state index in [1.165, 1.54) is 22.8 Å². The number of benzene rings is 2. The molecule has 1 atom stereocenters. The third-order valence-electron chi connectivity index (χ3n) is 5.30. The zero-order valence-corrected chi connectivity index (χ0v) is 16.2. The normalized spacial score (nSPS) is 16.7. The van der Waals surface area contributed by atoms with E-state index in [-0.39, 0.29) is 11.8 Å². The molecule has 1 saturated heterocycles. The summed E-state index contributed by atoms with van der Waals surface area (Å²) in [6, 6.07) is 13.0. The van der Waals surface area contributed by atoms with Gasteiger partial charge in [0.1, 0.15) is 23.4 Å². The molecule has 5 rings (SSSR count). The van der Waals surface area contributed by atoms with Crippen LogP contribution >= 0.6 is 0 Å². The summed E-state index contributed by atoms with van der Waals surface area (Å²) < 4.78 is 36.5. The lowest BCUT2D eigenvalue weighted by Crippen LogP contribution is -2.37. The van der Waals surface area contributed by atoms with Gasteiger partial charge in [-0.1, -0.05) is 24.3 Å². The van der Waals surface area contributed by atoms with Crippen molar-refractivity contribution < 1.29 is 13.5 Å². The van der Waals surface area contributed by atoms with Crippen LogP contribution in [0.4, 0.5) is 8.78 Å². The van der Waals surface area contributed by atoms with Crippen LogP contribution < -0.4 is 10.1 Å². The van der Waals surface area contributed by atoms with Gasteiger partial charge < -0.3 is 14.6 Å². The second-order valence-electron chi connectivity index (χ2n) is 7.30. The second kappa shape index (κ2) is 7.84. The fourth-order valence-corrected chi connectivity index (χ4v) is 3.89. The van der Waals surface area contributed by atoms with Gasteiger partial charge in [-0.15, -0.1) is 0 Å². The van der Waals surface area contributed by atoms with Crippen LogP contribution in [0.15, 0.2) is 60.9 Å². The van der Waals surface area contributed by atoms with Gasteiger partial charge in [0.15, 0.2) is 5.82 Å². The van der Waals surface area contributed by atoms with Crippen molar-refractivity contribution in [2.45, 2.75) is 18.9 Å². The Morgan fingerprint density at radius 1 is 1.03 bits per heavy atom. The van der Waals surface area contributed by atoms with Crippen LogP contribution in [0.5, 0.6) is 5.88 Å². The molecule has 1 N–H and O–H groups in total. The molecule has 5 nitrogen and oxygen atoms in total. The quantitative estimate of drug-likeness (QED) is 0.542. The minimum atomic E-state index is -0.634. The molecule has 0 spiro atoms. The number of nitrogens with zero attached hydrogens (tertiary/aromatic N) is 3. The molecule has 2 aromatic carbocycles. The largest absolute Gasteiger partial charge is 0.473 e. The van der Waals surface area contributed by atoms with Crippen molar-refractivity contribution >= 4 is 10.9 Å². The van der Waals surface area contributed by atoms with Crippen molar-refractivity contribution in [3.8, 4) is 23.0 Å². The molecule has 0 saturated carbocycles. The van der Waals surface area contributed by atoms with Crippen LogP contribution in [0.3, 0.4) is 0 Å². The number of para-hydroxylation sites is 2. The summed E-state index contributed by atoms with van der Waals surface area (Å²) in [5, 5.41) is 4.12. The number of aromatic nitrogens is 3. The summed E-state index contributed by atoms with van der Waals surface area (Å²) in [6.45, 7) is 1.78. The van der Waals surface area contributed by atoms with Gasteiger partial charge in [-0.3, -0.25) is 0 Å². The predicted molar refractivity (Wildman–Crippen MR) is 111 cm³/mol. The van der Waals surface area contributed by atoms with Crippen molar-refractivity contribution in [2.75, 3.05) is 13.1 Å². The summed E-state index contributed by atoms with van der Waals surface area (Å²) in [4.78, 5) is 8.97. The van der Waals surface area contributed by atoms with E-state index in [4.69, 9.17) is 4.74 Å². The number of rotatable bonds is 4. The van der Waals surface area contributed by atoms with E-state index in [1.54, 1.807) is 18.5 Å². The molecule has 0 amide bonds. The minimum absolute atomic E-state index is 0.0651. The molecule has 0 bridgehead atoms. The van der Waals surface area contributed by atoms with Gasteiger partial charge in [0.05, 0.1) is 5.52 Å². The molecule has 2 aromatic heterocycles. The molecule has 0 aliphatic carbocycles. The highest BCUT2D eigenvalue weighted by Crippen LogP contribution is 2.33. The molecule has 30 heavy (non-hydrogen) atoms. The van der Waals surface area contributed by atoms with E-state index in [0.717, 1.165) is 31.3 Å². The SMILES string of the molecule is Fc1cccc(F)c1-n1cc(-c2nccc(O[C@@H]3CCCNC3)n2)c2ccccc21. The second-order valence-corrected chi connectivity index (χ2v) is 7.30. The Kier molecular flexibility index (Phi) is 4.88. The van der Waals surface area contributed by atoms with Crippen LogP contribution in [0.2, 0.25) is 0 Å².